The highest BCUT2D eigenvalue weighted by Gasteiger charge is 2.29. The highest BCUT2D eigenvalue weighted by molar-refractivity contribution is 5.90. The number of fused-ring (bicyclic) bond motifs is 1. The fraction of sp³-hybridized carbons (Fsp3) is 0.524. The fourth-order valence-corrected chi connectivity index (χ4v) is 4.12. The lowest BCUT2D eigenvalue weighted by Crippen LogP contribution is -2.32. The third kappa shape index (κ3) is 4.22. The zero-order chi connectivity index (χ0) is 18.6. The van der Waals surface area contributed by atoms with E-state index in [0.717, 1.165) is 49.8 Å². The van der Waals surface area contributed by atoms with Gasteiger partial charge in [0.2, 0.25) is 5.91 Å². The number of carbonyl (C=O) groups excluding carboxylic acids is 1. The lowest BCUT2D eigenvalue weighted by molar-refractivity contribution is -0.116. The Morgan fingerprint density at radius 1 is 1.19 bits per heavy atom. The minimum Gasteiger partial charge on any atom is -0.311 e. The number of aromatic nitrogens is 2. The molecule has 1 atom stereocenters. The summed E-state index contributed by atoms with van der Waals surface area (Å²) in [6.07, 6.45) is 4.37. The van der Waals surface area contributed by atoms with Crippen LogP contribution in [0.4, 0.5) is 5.82 Å². The van der Waals surface area contributed by atoms with Crippen LogP contribution in [0.3, 0.4) is 0 Å². The van der Waals surface area contributed by atoms with E-state index in [1.54, 1.807) is 0 Å². The van der Waals surface area contributed by atoms with Crippen LogP contribution < -0.4 is 5.32 Å². The Hall–Kier alpha value is -2.18. The lowest BCUT2D eigenvalue weighted by Gasteiger charge is -2.26. The molecule has 1 saturated heterocycles. The molecule has 1 unspecified atom stereocenters. The van der Waals surface area contributed by atoms with Crippen LogP contribution in [0, 0.1) is 0 Å². The van der Waals surface area contributed by atoms with Gasteiger partial charge in [0.1, 0.15) is 5.82 Å². The molecule has 1 aromatic carbocycles. The summed E-state index contributed by atoms with van der Waals surface area (Å²) in [6.45, 7) is 6.94. The molecule has 3 heterocycles. The number of amides is 1. The lowest BCUT2D eigenvalue weighted by atomic mass is 10.1. The SMILES string of the molecule is CC(c1ccccc1)N1Cc2n[nH]c(NC(=O)CCN3CCCCC3)c2C1. The van der Waals surface area contributed by atoms with E-state index in [9.17, 15) is 4.79 Å². The van der Waals surface area contributed by atoms with Gasteiger partial charge in [-0.05, 0) is 38.4 Å². The number of likely N-dealkylation sites (tertiary alicyclic amines) is 1. The number of nitrogens with one attached hydrogen (secondary N) is 2. The van der Waals surface area contributed by atoms with Crippen molar-refractivity contribution in [3.8, 4) is 0 Å². The van der Waals surface area contributed by atoms with Crippen LogP contribution in [-0.2, 0) is 17.9 Å². The van der Waals surface area contributed by atoms with Crippen LogP contribution in [0.1, 0.15) is 55.5 Å². The minimum absolute atomic E-state index is 0.0709. The third-order valence-corrected chi connectivity index (χ3v) is 5.86. The Morgan fingerprint density at radius 3 is 2.74 bits per heavy atom. The van der Waals surface area contributed by atoms with Crippen LogP contribution in [0.2, 0.25) is 0 Å². The molecule has 0 saturated carbocycles. The van der Waals surface area contributed by atoms with E-state index in [0.29, 0.717) is 12.5 Å². The standard InChI is InChI=1S/C21H29N5O/c1-16(17-8-4-2-5-9-17)26-14-18-19(15-26)23-24-21(18)22-20(27)10-13-25-11-6-3-7-12-25/h2,4-5,8-9,16H,3,6-7,10-15H2,1H3,(H2,22,23,24,27). The molecule has 4 rings (SSSR count). The Balaban J connectivity index is 1.33. The van der Waals surface area contributed by atoms with Crippen molar-refractivity contribution in [2.24, 2.45) is 0 Å². The van der Waals surface area contributed by atoms with E-state index in [1.165, 1.54) is 24.8 Å². The molecule has 27 heavy (non-hydrogen) atoms. The van der Waals surface area contributed by atoms with Crippen molar-refractivity contribution in [2.45, 2.75) is 51.7 Å². The highest BCUT2D eigenvalue weighted by atomic mass is 16.1. The second-order valence-corrected chi connectivity index (χ2v) is 7.72. The maximum atomic E-state index is 12.4. The van der Waals surface area contributed by atoms with Crippen molar-refractivity contribution in [3.63, 3.8) is 0 Å². The Morgan fingerprint density at radius 2 is 1.96 bits per heavy atom. The second kappa shape index (κ2) is 8.23. The van der Waals surface area contributed by atoms with E-state index in [-0.39, 0.29) is 5.91 Å². The van der Waals surface area contributed by atoms with Crippen molar-refractivity contribution >= 4 is 11.7 Å². The van der Waals surface area contributed by atoms with E-state index < -0.39 is 0 Å². The van der Waals surface area contributed by atoms with E-state index >= 15 is 0 Å². The monoisotopic (exact) mass is 367 g/mol. The van der Waals surface area contributed by atoms with Crippen molar-refractivity contribution < 1.29 is 4.79 Å². The Bertz CT molecular complexity index is 766. The molecule has 1 aromatic heterocycles. The summed E-state index contributed by atoms with van der Waals surface area (Å²) < 4.78 is 0. The van der Waals surface area contributed by atoms with Crippen LogP contribution in [0.5, 0.6) is 0 Å². The van der Waals surface area contributed by atoms with Gasteiger partial charge in [0.25, 0.3) is 0 Å². The predicted octanol–water partition coefficient (Wildman–Crippen LogP) is 3.30. The molecular formula is C21H29N5O. The molecule has 6 nitrogen and oxygen atoms in total. The van der Waals surface area contributed by atoms with Crippen LogP contribution >= 0.6 is 0 Å². The Kier molecular flexibility index (Phi) is 5.55. The average Bonchev–Trinajstić information content (AvgIpc) is 3.29. The zero-order valence-corrected chi connectivity index (χ0v) is 16.1. The fourth-order valence-electron chi connectivity index (χ4n) is 4.12. The number of aromatic amines is 1. The van der Waals surface area contributed by atoms with Crippen molar-refractivity contribution in [2.75, 3.05) is 25.0 Å². The summed E-state index contributed by atoms with van der Waals surface area (Å²) in [5.74, 6) is 0.845. The van der Waals surface area contributed by atoms with Gasteiger partial charge in [0, 0.05) is 37.7 Å². The summed E-state index contributed by atoms with van der Waals surface area (Å²) in [7, 11) is 0. The summed E-state index contributed by atoms with van der Waals surface area (Å²) in [5, 5.41) is 10.5. The Labute approximate surface area is 160 Å². The summed E-state index contributed by atoms with van der Waals surface area (Å²) in [6, 6.07) is 10.9. The van der Waals surface area contributed by atoms with Gasteiger partial charge < -0.3 is 10.2 Å². The molecule has 2 aliphatic rings. The number of nitrogens with zero attached hydrogens (tertiary/aromatic N) is 3. The number of piperidine rings is 1. The number of anilines is 1. The second-order valence-electron chi connectivity index (χ2n) is 7.72. The van der Waals surface area contributed by atoms with Crippen LogP contribution in [0.15, 0.2) is 30.3 Å². The molecule has 0 aliphatic carbocycles. The number of benzene rings is 1. The first-order chi connectivity index (χ1) is 13.2. The highest BCUT2D eigenvalue weighted by Crippen LogP contribution is 2.33. The van der Waals surface area contributed by atoms with Crippen molar-refractivity contribution in [1.82, 2.24) is 20.0 Å². The number of hydrogen-bond acceptors (Lipinski definition) is 4. The molecule has 0 bridgehead atoms. The van der Waals surface area contributed by atoms with Gasteiger partial charge >= 0.3 is 0 Å². The molecule has 2 aliphatic heterocycles. The molecule has 0 spiro atoms. The summed E-state index contributed by atoms with van der Waals surface area (Å²) in [4.78, 5) is 17.2. The van der Waals surface area contributed by atoms with Gasteiger partial charge in [0.15, 0.2) is 0 Å². The quantitative estimate of drug-likeness (QED) is 0.822. The van der Waals surface area contributed by atoms with E-state index in [4.69, 9.17) is 0 Å². The van der Waals surface area contributed by atoms with E-state index in [2.05, 4.69) is 56.5 Å². The molecular weight excluding hydrogens is 338 g/mol. The molecule has 2 aromatic rings. The topological polar surface area (TPSA) is 64.3 Å². The first-order valence-corrected chi connectivity index (χ1v) is 10.1. The van der Waals surface area contributed by atoms with Crippen molar-refractivity contribution in [3.05, 3.63) is 47.2 Å². The molecule has 6 heteroatoms. The molecule has 1 amide bonds. The van der Waals surface area contributed by atoms with Gasteiger partial charge in [-0.2, -0.15) is 5.10 Å². The van der Waals surface area contributed by atoms with Gasteiger partial charge in [-0.1, -0.05) is 36.8 Å². The van der Waals surface area contributed by atoms with Gasteiger partial charge in [-0.15, -0.1) is 0 Å². The molecule has 2 N–H and O–H groups in total. The number of hydrogen-bond donors (Lipinski definition) is 2. The summed E-state index contributed by atoms with van der Waals surface area (Å²) >= 11 is 0. The number of carbonyl (C=O) groups is 1. The van der Waals surface area contributed by atoms with Crippen molar-refractivity contribution in [1.29, 1.82) is 0 Å². The smallest absolute Gasteiger partial charge is 0.226 e. The average molecular weight is 367 g/mol. The predicted molar refractivity (Wildman–Crippen MR) is 106 cm³/mol. The third-order valence-electron chi connectivity index (χ3n) is 5.86. The molecule has 144 valence electrons. The number of rotatable bonds is 6. The first kappa shape index (κ1) is 18.2. The van der Waals surface area contributed by atoms with E-state index in [1.807, 2.05) is 6.07 Å². The molecule has 0 radical (unpaired) electrons. The molecule has 1 fully saturated rings. The van der Waals surface area contributed by atoms with Crippen LogP contribution in [-0.4, -0.2) is 45.5 Å². The maximum Gasteiger partial charge on any atom is 0.226 e. The number of H-pyrrole nitrogens is 1. The van der Waals surface area contributed by atoms with Gasteiger partial charge in [0.05, 0.1) is 5.69 Å². The summed E-state index contributed by atoms with van der Waals surface area (Å²) in [5.41, 5.74) is 3.48. The van der Waals surface area contributed by atoms with Gasteiger partial charge in [-0.3, -0.25) is 14.8 Å². The largest absolute Gasteiger partial charge is 0.311 e. The van der Waals surface area contributed by atoms with Crippen LogP contribution in [0.25, 0.3) is 0 Å². The maximum absolute atomic E-state index is 12.4. The zero-order valence-electron chi connectivity index (χ0n) is 16.1. The first-order valence-electron chi connectivity index (χ1n) is 10.1. The normalized spacial score (nSPS) is 19.0. The minimum atomic E-state index is 0.0709. The van der Waals surface area contributed by atoms with Gasteiger partial charge in [-0.25, -0.2) is 0 Å².